The number of amides is 1. The van der Waals surface area contributed by atoms with E-state index in [0.717, 1.165) is 5.56 Å². The normalized spacial score (nSPS) is 16.6. The number of likely N-dealkylation sites (tertiary alicyclic amines) is 1. The molecular formula is C28H32FN5O3. The molecule has 0 bridgehead atoms. The largest absolute Gasteiger partial charge is 0.441 e. The van der Waals surface area contributed by atoms with Crippen molar-refractivity contribution in [3.05, 3.63) is 70.5 Å². The van der Waals surface area contributed by atoms with Crippen molar-refractivity contribution in [2.24, 2.45) is 5.41 Å². The van der Waals surface area contributed by atoms with Gasteiger partial charge in [-0.3, -0.25) is 9.69 Å². The van der Waals surface area contributed by atoms with Crippen LogP contribution in [-0.2, 0) is 11.3 Å². The van der Waals surface area contributed by atoms with Gasteiger partial charge in [0.05, 0.1) is 11.5 Å². The Bertz CT molecular complexity index is 1350. The zero-order valence-electron chi connectivity index (χ0n) is 21.4. The number of nitriles is 1. The van der Waals surface area contributed by atoms with E-state index in [9.17, 15) is 19.2 Å². The molecule has 0 spiro atoms. The maximum atomic E-state index is 13.6. The van der Waals surface area contributed by atoms with Gasteiger partial charge in [-0.1, -0.05) is 45.0 Å². The van der Waals surface area contributed by atoms with E-state index in [1.807, 2.05) is 20.8 Å². The molecule has 1 aliphatic heterocycles. The maximum absolute atomic E-state index is 13.6. The lowest BCUT2D eigenvalue weighted by Crippen LogP contribution is -2.57. The number of halogens is 1. The van der Waals surface area contributed by atoms with Gasteiger partial charge in [-0.05, 0) is 54.5 Å². The van der Waals surface area contributed by atoms with Gasteiger partial charge in [0.25, 0.3) is 0 Å². The highest BCUT2D eigenvalue weighted by atomic mass is 19.1. The first-order valence-electron chi connectivity index (χ1n) is 12.4. The Hall–Kier alpha value is -3.77. The number of rotatable bonds is 7. The Balaban J connectivity index is 1.49. The van der Waals surface area contributed by atoms with Crippen LogP contribution in [0.3, 0.4) is 0 Å². The van der Waals surface area contributed by atoms with Gasteiger partial charge in [-0.15, -0.1) is 0 Å². The molecule has 2 heterocycles. The third-order valence-electron chi connectivity index (χ3n) is 6.59. The van der Waals surface area contributed by atoms with Crippen LogP contribution in [-0.4, -0.2) is 40.5 Å². The Morgan fingerprint density at radius 3 is 2.51 bits per heavy atom. The smallest absolute Gasteiger partial charge is 0.408 e. The summed E-state index contributed by atoms with van der Waals surface area (Å²) in [4.78, 5) is 31.8. The molecule has 9 heteroatoms. The summed E-state index contributed by atoms with van der Waals surface area (Å²) in [7, 11) is 0. The molecule has 1 fully saturated rings. The van der Waals surface area contributed by atoms with Crippen LogP contribution in [0, 0.1) is 22.6 Å². The number of carbonyl (C=O) groups is 1. The van der Waals surface area contributed by atoms with Crippen LogP contribution in [0.4, 0.5) is 10.2 Å². The molecule has 37 heavy (non-hydrogen) atoms. The van der Waals surface area contributed by atoms with Crippen molar-refractivity contribution in [3.63, 3.8) is 0 Å². The predicted molar refractivity (Wildman–Crippen MR) is 139 cm³/mol. The summed E-state index contributed by atoms with van der Waals surface area (Å²) in [5, 5.41) is 16.8. The van der Waals surface area contributed by atoms with E-state index < -0.39 is 17.3 Å². The zero-order valence-corrected chi connectivity index (χ0v) is 21.4. The second-order valence-electron chi connectivity index (χ2n) is 10.9. The first kappa shape index (κ1) is 26.3. The highest BCUT2D eigenvalue weighted by molar-refractivity contribution is 5.91. The minimum Gasteiger partial charge on any atom is -0.408 e. The molecule has 1 aromatic heterocycles. The predicted octanol–water partition coefficient (Wildman–Crippen LogP) is 4.22. The lowest BCUT2D eigenvalue weighted by Gasteiger charge is -2.39. The molecule has 0 radical (unpaired) electrons. The molecule has 0 aliphatic carbocycles. The number of carbonyl (C=O) groups excluding carboxylic acids is 1. The third-order valence-corrected chi connectivity index (χ3v) is 6.59. The number of benzene rings is 2. The average molecular weight is 506 g/mol. The fraction of sp³-hybridized carbons (Fsp3) is 0.429. The third kappa shape index (κ3) is 6.71. The molecule has 1 saturated heterocycles. The summed E-state index contributed by atoms with van der Waals surface area (Å²) >= 11 is 0. The Morgan fingerprint density at radius 2 is 1.86 bits per heavy atom. The molecule has 2 N–H and O–H groups in total. The topological polar surface area (TPSA) is 111 Å². The lowest BCUT2D eigenvalue weighted by molar-refractivity contribution is -0.124. The molecular weight excluding hydrogens is 473 g/mol. The van der Waals surface area contributed by atoms with E-state index in [0.29, 0.717) is 49.9 Å². The fourth-order valence-electron chi connectivity index (χ4n) is 4.64. The molecule has 1 aliphatic rings. The van der Waals surface area contributed by atoms with E-state index in [4.69, 9.17) is 4.42 Å². The van der Waals surface area contributed by atoms with Gasteiger partial charge >= 0.3 is 5.76 Å². The lowest BCUT2D eigenvalue weighted by atomic mass is 9.85. The molecule has 1 amide bonds. The van der Waals surface area contributed by atoms with Gasteiger partial charge in [-0.25, -0.2) is 9.18 Å². The van der Waals surface area contributed by atoms with Crippen LogP contribution in [0.2, 0.25) is 0 Å². The number of hydrogen-bond donors (Lipinski definition) is 2. The van der Waals surface area contributed by atoms with E-state index in [1.165, 1.54) is 12.1 Å². The van der Waals surface area contributed by atoms with Crippen molar-refractivity contribution in [3.8, 4) is 6.07 Å². The van der Waals surface area contributed by atoms with E-state index in [2.05, 4.69) is 26.6 Å². The molecule has 1 unspecified atom stereocenters. The second-order valence-corrected chi connectivity index (χ2v) is 10.9. The van der Waals surface area contributed by atoms with Crippen LogP contribution in [0.15, 0.2) is 57.7 Å². The second kappa shape index (κ2) is 10.7. The number of piperidine rings is 1. The Labute approximate surface area is 215 Å². The number of nitrogens with one attached hydrogen (secondary N) is 2. The Morgan fingerprint density at radius 1 is 1.19 bits per heavy atom. The maximum Gasteiger partial charge on any atom is 0.441 e. The van der Waals surface area contributed by atoms with Crippen LogP contribution >= 0.6 is 0 Å². The highest BCUT2D eigenvalue weighted by Crippen LogP contribution is 2.28. The van der Waals surface area contributed by atoms with E-state index >= 15 is 0 Å². The minimum atomic E-state index is -1.00. The van der Waals surface area contributed by atoms with Crippen molar-refractivity contribution in [2.45, 2.75) is 58.2 Å². The Kier molecular flexibility index (Phi) is 7.60. The van der Waals surface area contributed by atoms with Crippen LogP contribution < -0.4 is 16.4 Å². The van der Waals surface area contributed by atoms with Gasteiger partial charge in [-0.2, -0.15) is 10.2 Å². The fourth-order valence-corrected chi connectivity index (χ4v) is 4.64. The first-order chi connectivity index (χ1) is 17.6. The molecule has 3 aromatic rings. The summed E-state index contributed by atoms with van der Waals surface area (Å²) in [6.45, 7) is 7.96. The SMILES string of the molecule is CC(C)(C)CC(Nc1nc(=O)oc2ccccc12)C(=O)NC1(C#N)CCN(Cc2ccc(F)cc2)CC1. The summed E-state index contributed by atoms with van der Waals surface area (Å²) in [6.07, 6.45) is 1.39. The monoisotopic (exact) mass is 505 g/mol. The van der Waals surface area contributed by atoms with E-state index in [-0.39, 0.29) is 23.0 Å². The zero-order chi connectivity index (χ0) is 26.6. The number of anilines is 1. The summed E-state index contributed by atoms with van der Waals surface area (Å²) in [5.41, 5.74) is 0.153. The number of para-hydroxylation sites is 1. The van der Waals surface area contributed by atoms with Gasteiger partial charge < -0.3 is 15.1 Å². The van der Waals surface area contributed by atoms with Gasteiger partial charge in [0, 0.05) is 19.6 Å². The molecule has 8 nitrogen and oxygen atoms in total. The molecule has 2 aromatic carbocycles. The minimum absolute atomic E-state index is 0.220. The van der Waals surface area contributed by atoms with Crippen molar-refractivity contribution >= 4 is 22.7 Å². The molecule has 1 atom stereocenters. The average Bonchev–Trinajstić information content (AvgIpc) is 2.85. The van der Waals surface area contributed by atoms with Crippen molar-refractivity contribution < 1.29 is 13.6 Å². The standard InChI is InChI=1S/C28H32FN5O3/c1-27(2,3)16-22(31-24-21-6-4-5-7-23(21)37-26(36)32-24)25(35)33-28(18-30)12-14-34(15-13-28)17-19-8-10-20(29)11-9-19/h4-11,22H,12-17H2,1-3H3,(H,33,35)(H,31,32,36). The molecule has 0 saturated carbocycles. The van der Waals surface area contributed by atoms with Crippen LogP contribution in [0.5, 0.6) is 0 Å². The number of aromatic nitrogens is 1. The van der Waals surface area contributed by atoms with Crippen molar-refractivity contribution in [1.29, 1.82) is 5.26 Å². The summed E-state index contributed by atoms with van der Waals surface area (Å²) in [6, 6.07) is 15.0. The molecule has 194 valence electrons. The number of fused-ring (bicyclic) bond motifs is 1. The van der Waals surface area contributed by atoms with Gasteiger partial charge in [0.15, 0.2) is 0 Å². The first-order valence-corrected chi connectivity index (χ1v) is 12.4. The van der Waals surface area contributed by atoms with Crippen molar-refractivity contribution in [2.75, 3.05) is 18.4 Å². The number of nitrogens with zero attached hydrogens (tertiary/aromatic N) is 3. The van der Waals surface area contributed by atoms with Crippen LogP contribution in [0.1, 0.15) is 45.6 Å². The summed E-state index contributed by atoms with van der Waals surface area (Å²) in [5.74, 6) is -1.07. The quantitative estimate of drug-likeness (QED) is 0.495. The van der Waals surface area contributed by atoms with Gasteiger partial charge in [0.1, 0.15) is 28.8 Å². The van der Waals surface area contributed by atoms with Crippen molar-refractivity contribution in [1.82, 2.24) is 15.2 Å². The summed E-state index contributed by atoms with van der Waals surface area (Å²) < 4.78 is 18.4. The van der Waals surface area contributed by atoms with Gasteiger partial charge in [0.2, 0.25) is 5.91 Å². The highest BCUT2D eigenvalue weighted by Gasteiger charge is 2.38. The molecule has 4 rings (SSSR count). The van der Waals surface area contributed by atoms with E-state index in [1.54, 1.807) is 36.4 Å². The van der Waals surface area contributed by atoms with Crippen LogP contribution in [0.25, 0.3) is 11.0 Å². The number of hydrogen-bond acceptors (Lipinski definition) is 7.